The maximum Gasteiger partial charge on any atom is 0.257 e. The largest absolute Gasteiger partial charge is 0.492 e. The van der Waals surface area contributed by atoms with Gasteiger partial charge in [0.15, 0.2) is 0 Å². The van der Waals surface area contributed by atoms with Crippen LogP contribution in [0, 0.1) is 5.41 Å². The molecule has 1 atom stereocenters. The number of hydrogen-bond acceptors (Lipinski definition) is 6. The summed E-state index contributed by atoms with van der Waals surface area (Å²) in [5, 5.41) is 8.89. The Morgan fingerprint density at radius 3 is 2.46 bits per heavy atom. The summed E-state index contributed by atoms with van der Waals surface area (Å²) in [7, 11) is 0. The molecule has 0 N–H and O–H groups in total. The highest BCUT2D eigenvalue weighted by molar-refractivity contribution is 5.97. The first-order chi connectivity index (χ1) is 19.1. The average molecular weight is 532 g/mol. The topological polar surface area (TPSA) is 89.8 Å². The number of carbonyl (C=O) groups is 2. The maximum absolute atomic E-state index is 13.5. The molecule has 0 saturated carbocycles. The Hall–Kier alpha value is -3.46. The van der Waals surface area contributed by atoms with Crippen molar-refractivity contribution in [3.05, 3.63) is 54.1 Å². The van der Waals surface area contributed by atoms with E-state index in [0.717, 1.165) is 62.5 Å². The van der Waals surface area contributed by atoms with Gasteiger partial charge in [-0.3, -0.25) is 9.59 Å². The number of hydrogen-bond donors (Lipinski definition) is 0. The van der Waals surface area contributed by atoms with E-state index in [1.165, 1.54) is 4.80 Å². The lowest BCUT2D eigenvalue weighted by Crippen LogP contribution is -2.46. The van der Waals surface area contributed by atoms with E-state index in [4.69, 9.17) is 9.47 Å². The van der Waals surface area contributed by atoms with Crippen LogP contribution in [0.15, 0.2) is 48.5 Å². The molecule has 2 aromatic carbocycles. The Kier molecular flexibility index (Phi) is 7.50. The van der Waals surface area contributed by atoms with E-state index in [1.807, 2.05) is 58.3 Å². The van der Waals surface area contributed by atoms with E-state index in [2.05, 4.69) is 10.2 Å². The normalized spacial score (nSPS) is 22.3. The quantitative estimate of drug-likeness (QED) is 0.498. The van der Waals surface area contributed by atoms with Crippen LogP contribution in [-0.4, -0.2) is 82.1 Å². The van der Waals surface area contributed by atoms with Crippen LogP contribution in [-0.2, 0) is 16.1 Å². The molecule has 3 aromatic rings. The van der Waals surface area contributed by atoms with Crippen molar-refractivity contribution < 1.29 is 19.1 Å². The zero-order chi connectivity index (χ0) is 26.7. The Morgan fingerprint density at radius 2 is 1.67 bits per heavy atom. The van der Waals surface area contributed by atoms with Crippen molar-refractivity contribution in [1.29, 1.82) is 0 Å². The second kappa shape index (κ2) is 11.3. The first-order valence-corrected chi connectivity index (χ1v) is 14.3. The molecule has 1 aromatic heterocycles. The predicted octanol–water partition coefficient (Wildman–Crippen LogP) is 3.92. The Morgan fingerprint density at radius 1 is 0.923 bits per heavy atom. The summed E-state index contributed by atoms with van der Waals surface area (Å²) in [5.74, 6) is 0.723. The van der Waals surface area contributed by atoms with Gasteiger partial charge in [-0.2, -0.15) is 15.0 Å². The fourth-order valence-corrected chi connectivity index (χ4v) is 6.25. The van der Waals surface area contributed by atoms with Crippen LogP contribution < -0.4 is 4.74 Å². The average Bonchev–Trinajstić information content (AvgIpc) is 3.60. The standard InChI is InChI=1S/C30H37N5O4/c36-28(20-35-31-25-10-2-3-11-26(25)32-35)33-17-14-30(15-18-33)13-5-6-19-38-21-23-8-7-16-34(23)29(37)24-9-1-4-12-27(24)39-22-30/h1-4,9-12,23H,5-8,13-22H2/t23-/m0/s1. The highest BCUT2D eigenvalue weighted by Crippen LogP contribution is 2.38. The van der Waals surface area contributed by atoms with Crippen LogP contribution in [0.25, 0.3) is 11.0 Å². The number of carbonyl (C=O) groups excluding carboxylic acids is 2. The molecule has 3 aliphatic heterocycles. The van der Waals surface area contributed by atoms with Crippen LogP contribution >= 0.6 is 0 Å². The molecule has 0 unspecified atom stereocenters. The van der Waals surface area contributed by atoms with Gasteiger partial charge in [-0.05, 0) is 62.8 Å². The molecule has 9 heteroatoms. The maximum atomic E-state index is 13.5. The molecule has 2 fully saturated rings. The Bertz CT molecular complexity index is 1280. The van der Waals surface area contributed by atoms with Crippen molar-refractivity contribution in [3.8, 4) is 5.75 Å². The van der Waals surface area contributed by atoms with Gasteiger partial charge in [-0.1, -0.05) is 30.7 Å². The lowest BCUT2D eigenvalue weighted by molar-refractivity contribution is -0.135. The fourth-order valence-electron chi connectivity index (χ4n) is 6.25. The summed E-state index contributed by atoms with van der Waals surface area (Å²) < 4.78 is 12.5. The zero-order valence-electron chi connectivity index (χ0n) is 22.5. The number of aromatic nitrogens is 3. The second-order valence-corrected chi connectivity index (χ2v) is 11.2. The van der Waals surface area contributed by atoms with E-state index in [9.17, 15) is 9.59 Å². The number of benzene rings is 2. The van der Waals surface area contributed by atoms with Gasteiger partial charge < -0.3 is 19.3 Å². The minimum Gasteiger partial charge on any atom is -0.492 e. The molecule has 0 bridgehead atoms. The molecule has 0 aliphatic carbocycles. The molecule has 2 amide bonds. The van der Waals surface area contributed by atoms with Crippen molar-refractivity contribution in [2.75, 3.05) is 39.5 Å². The van der Waals surface area contributed by atoms with E-state index < -0.39 is 0 Å². The van der Waals surface area contributed by atoms with Crippen molar-refractivity contribution in [3.63, 3.8) is 0 Å². The minimum atomic E-state index is -0.0497. The van der Waals surface area contributed by atoms with E-state index in [-0.39, 0.29) is 29.8 Å². The molecule has 9 nitrogen and oxygen atoms in total. The highest BCUT2D eigenvalue weighted by atomic mass is 16.5. The van der Waals surface area contributed by atoms with Gasteiger partial charge >= 0.3 is 0 Å². The molecule has 39 heavy (non-hydrogen) atoms. The Balaban J connectivity index is 1.14. The molecule has 0 radical (unpaired) electrons. The highest BCUT2D eigenvalue weighted by Gasteiger charge is 2.37. The number of likely N-dealkylation sites (tertiary alicyclic amines) is 1. The van der Waals surface area contributed by atoms with E-state index >= 15 is 0 Å². The molecular formula is C30H37N5O4. The van der Waals surface area contributed by atoms with Crippen LogP contribution in [0.4, 0.5) is 0 Å². The number of para-hydroxylation sites is 1. The molecule has 3 aliphatic rings. The molecular weight excluding hydrogens is 494 g/mol. The van der Waals surface area contributed by atoms with Gasteiger partial charge in [0.05, 0.1) is 24.8 Å². The summed E-state index contributed by atoms with van der Waals surface area (Å²) in [6.07, 6.45) is 6.76. The number of rotatable bonds is 2. The molecule has 6 rings (SSSR count). The first kappa shape index (κ1) is 25.8. The van der Waals surface area contributed by atoms with Gasteiger partial charge in [0.25, 0.3) is 5.91 Å². The lowest BCUT2D eigenvalue weighted by Gasteiger charge is -2.42. The van der Waals surface area contributed by atoms with Crippen LogP contribution in [0.2, 0.25) is 0 Å². The number of amides is 2. The van der Waals surface area contributed by atoms with Crippen molar-refractivity contribution in [2.45, 2.75) is 57.5 Å². The van der Waals surface area contributed by atoms with Crippen LogP contribution in [0.3, 0.4) is 0 Å². The molecule has 4 heterocycles. The second-order valence-electron chi connectivity index (χ2n) is 11.2. The van der Waals surface area contributed by atoms with Crippen LogP contribution in [0.5, 0.6) is 5.75 Å². The third-order valence-corrected chi connectivity index (χ3v) is 8.63. The van der Waals surface area contributed by atoms with Gasteiger partial charge in [-0.25, -0.2) is 0 Å². The molecule has 206 valence electrons. The summed E-state index contributed by atoms with van der Waals surface area (Å²) in [4.78, 5) is 32.0. The summed E-state index contributed by atoms with van der Waals surface area (Å²) >= 11 is 0. The van der Waals surface area contributed by atoms with E-state index in [0.29, 0.717) is 44.2 Å². The zero-order valence-corrected chi connectivity index (χ0v) is 22.5. The number of ether oxygens (including phenoxy) is 2. The Labute approximate surface area is 229 Å². The first-order valence-electron chi connectivity index (χ1n) is 14.3. The van der Waals surface area contributed by atoms with Crippen LogP contribution in [0.1, 0.15) is 55.3 Å². The molecule has 1 spiro atoms. The molecule has 2 saturated heterocycles. The SMILES string of the molecule is O=C(Cn1nc2ccccc2n1)N1CCC2(CCCCOC[C@@H]3CCCN3C(=O)c3ccccc3OC2)CC1. The number of piperidine rings is 1. The van der Waals surface area contributed by atoms with Gasteiger partial charge in [0.1, 0.15) is 23.3 Å². The fraction of sp³-hybridized carbons (Fsp3) is 0.533. The monoisotopic (exact) mass is 531 g/mol. The number of fused-ring (bicyclic) bond motifs is 3. The van der Waals surface area contributed by atoms with E-state index in [1.54, 1.807) is 0 Å². The van der Waals surface area contributed by atoms with Crippen molar-refractivity contribution in [2.24, 2.45) is 5.41 Å². The van der Waals surface area contributed by atoms with Gasteiger partial charge in [-0.15, -0.1) is 0 Å². The summed E-state index contributed by atoms with van der Waals surface area (Å²) in [6.45, 7) is 4.10. The van der Waals surface area contributed by atoms with Crippen molar-refractivity contribution in [1.82, 2.24) is 24.8 Å². The van der Waals surface area contributed by atoms with Crippen molar-refractivity contribution >= 4 is 22.8 Å². The third kappa shape index (κ3) is 5.64. The van der Waals surface area contributed by atoms with Gasteiger partial charge in [0, 0.05) is 31.7 Å². The third-order valence-electron chi connectivity index (χ3n) is 8.63. The smallest absolute Gasteiger partial charge is 0.257 e. The van der Waals surface area contributed by atoms with Gasteiger partial charge in [0.2, 0.25) is 5.91 Å². The minimum absolute atomic E-state index is 0.0307. The lowest BCUT2D eigenvalue weighted by atomic mass is 9.75. The number of nitrogens with zero attached hydrogens (tertiary/aromatic N) is 5. The summed E-state index contributed by atoms with van der Waals surface area (Å²) in [5.41, 5.74) is 2.17. The predicted molar refractivity (Wildman–Crippen MR) is 146 cm³/mol. The summed E-state index contributed by atoms with van der Waals surface area (Å²) in [6, 6.07) is 15.4.